The van der Waals surface area contributed by atoms with Crippen LogP contribution < -0.4 is 5.43 Å². The van der Waals surface area contributed by atoms with Gasteiger partial charge in [0.25, 0.3) is 0 Å². The van der Waals surface area contributed by atoms with E-state index in [0.29, 0.717) is 29.1 Å². The average Bonchev–Trinajstić information content (AvgIpc) is 2.97. The molecule has 0 saturated heterocycles. The van der Waals surface area contributed by atoms with Crippen LogP contribution in [0.4, 0.5) is 0 Å². The van der Waals surface area contributed by atoms with E-state index in [1.54, 1.807) is 48.5 Å². The molecule has 0 spiro atoms. The minimum atomic E-state index is -0.565. The van der Waals surface area contributed by atoms with E-state index in [0.717, 1.165) is 11.1 Å². The monoisotopic (exact) mass is 483 g/mol. The van der Waals surface area contributed by atoms with Gasteiger partial charge >= 0.3 is 0 Å². The van der Waals surface area contributed by atoms with Gasteiger partial charge in [-0.05, 0) is 18.1 Å². The Morgan fingerprint density at radius 2 is 0.865 bits per heavy atom. The fourth-order valence-electron chi connectivity index (χ4n) is 4.72. The van der Waals surface area contributed by atoms with Crippen LogP contribution in [-0.4, -0.2) is 16.1 Å². The zero-order valence-corrected chi connectivity index (χ0v) is 20.4. The lowest BCUT2D eigenvalue weighted by atomic mass is 9.89. The predicted octanol–water partition coefficient (Wildman–Crippen LogP) is 6.66. The molecule has 1 heterocycles. The van der Waals surface area contributed by atoms with Crippen molar-refractivity contribution in [2.75, 3.05) is 0 Å². The molecule has 5 aromatic rings. The van der Waals surface area contributed by atoms with Gasteiger partial charge in [-0.2, -0.15) is 0 Å². The van der Waals surface area contributed by atoms with Crippen molar-refractivity contribution in [3.63, 3.8) is 0 Å². The third-order valence-corrected chi connectivity index (χ3v) is 6.40. The number of rotatable bonds is 7. The maximum atomic E-state index is 14.4. The summed E-state index contributed by atoms with van der Waals surface area (Å²) in [5, 5.41) is 0. The van der Waals surface area contributed by atoms with Gasteiger partial charge in [0.1, 0.15) is 0 Å². The minimum absolute atomic E-state index is 0.00166. The number of nitrogens with zero attached hydrogens (tertiary/aromatic N) is 1. The summed E-state index contributed by atoms with van der Waals surface area (Å²) in [6.45, 7) is 2.40. The van der Waals surface area contributed by atoms with Crippen molar-refractivity contribution >= 4 is 11.6 Å². The van der Waals surface area contributed by atoms with Crippen molar-refractivity contribution in [3.8, 4) is 22.5 Å². The molecule has 0 fully saturated rings. The molecule has 4 heteroatoms. The lowest BCUT2D eigenvalue weighted by molar-refractivity contribution is 0.103. The van der Waals surface area contributed by atoms with Crippen LogP contribution in [0, 0.1) is 0 Å². The molecule has 0 aliphatic carbocycles. The third kappa shape index (κ3) is 4.45. The number of benzene rings is 4. The SMILES string of the molecule is CCn1c(-c2ccccc2)c(C(=O)c2ccccc2)c(=O)c(C(=O)c2ccccc2)c1-c1ccccc1. The van der Waals surface area contributed by atoms with Gasteiger partial charge in [0.2, 0.25) is 5.43 Å². The van der Waals surface area contributed by atoms with Crippen LogP contribution in [0.3, 0.4) is 0 Å². The number of hydrogen-bond donors (Lipinski definition) is 0. The Hall–Kier alpha value is -4.83. The molecule has 0 radical (unpaired) electrons. The van der Waals surface area contributed by atoms with Crippen molar-refractivity contribution in [3.05, 3.63) is 154 Å². The molecule has 180 valence electrons. The van der Waals surface area contributed by atoms with Gasteiger partial charge in [-0.1, -0.05) is 121 Å². The maximum absolute atomic E-state index is 14.4. The summed E-state index contributed by atoms with van der Waals surface area (Å²) in [5.41, 5.74) is 2.70. The van der Waals surface area contributed by atoms with E-state index >= 15 is 0 Å². The Morgan fingerprint density at radius 3 is 1.19 bits per heavy atom. The van der Waals surface area contributed by atoms with E-state index in [1.165, 1.54) is 0 Å². The lowest BCUT2D eigenvalue weighted by Crippen LogP contribution is -2.30. The Labute approximate surface area is 215 Å². The second-order valence-corrected chi connectivity index (χ2v) is 8.64. The van der Waals surface area contributed by atoms with Crippen molar-refractivity contribution in [1.29, 1.82) is 0 Å². The molecular formula is C33H25NO3. The quantitative estimate of drug-likeness (QED) is 0.243. The first-order valence-electron chi connectivity index (χ1n) is 12.2. The zero-order chi connectivity index (χ0) is 25.8. The Balaban J connectivity index is 1.95. The number of ketones is 2. The molecule has 0 unspecified atom stereocenters. The highest BCUT2D eigenvalue weighted by molar-refractivity contribution is 6.17. The average molecular weight is 484 g/mol. The molecule has 0 N–H and O–H groups in total. The summed E-state index contributed by atoms with van der Waals surface area (Å²) in [6, 6.07) is 36.3. The van der Waals surface area contributed by atoms with E-state index in [4.69, 9.17) is 0 Å². The Morgan fingerprint density at radius 1 is 0.541 bits per heavy atom. The molecule has 5 rings (SSSR count). The van der Waals surface area contributed by atoms with Crippen LogP contribution >= 0.6 is 0 Å². The second-order valence-electron chi connectivity index (χ2n) is 8.64. The van der Waals surface area contributed by atoms with Gasteiger partial charge < -0.3 is 4.57 Å². The van der Waals surface area contributed by atoms with Crippen LogP contribution in [-0.2, 0) is 6.54 Å². The predicted molar refractivity (Wildman–Crippen MR) is 147 cm³/mol. The fourth-order valence-corrected chi connectivity index (χ4v) is 4.72. The summed E-state index contributed by atoms with van der Waals surface area (Å²) >= 11 is 0. The minimum Gasteiger partial charge on any atom is -0.339 e. The summed E-state index contributed by atoms with van der Waals surface area (Å²) < 4.78 is 1.93. The molecule has 0 aliphatic rings. The van der Waals surface area contributed by atoms with Crippen molar-refractivity contribution < 1.29 is 9.59 Å². The molecular weight excluding hydrogens is 458 g/mol. The normalized spacial score (nSPS) is 10.7. The number of pyridine rings is 1. The van der Waals surface area contributed by atoms with Gasteiger partial charge in [-0.15, -0.1) is 0 Å². The van der Waals surface area contributed by atoms with Crippen molar-refractivity contribution in [1.82, 2.24) is 4.57 Å². The number of carbonyl (C=O) groups is 2. The summed E-state index contributed by atoms with van der Waals surface area (Å²) in [4.78, 5) is 42.3. The molecule has 0 aliphatic heterocycles. The van der Waals surface area contributed by atoms with Crippen LogP contribution in [0.2, 0.25) is 0 Å². The van der Waals surface area contributed by atoms with Gasteiger partial charge in [0.05, 0.1) is 22.5 Å². The molecule has 37 heavy (non-hydrogen) atoms. The first-order chi connectivity index (χ1) is 18.1. The molecule has 0 atom stereocenters. The van der Waals surface area contributed by atoms with E-state index in [2.05, 4.69) is 0 Å². The summed E-state index contributed by atoms with van der Waals surface area (Å²) in [7, 11) is 0. The second kappa shape index (κ2) is 10.4. The highest BCUT2D eigenvalue weighted by Crippen LogP contribution is 2.33. The fraction of sp³-hybridized carbons (Fsp3) is 0.0606. The van der Waals surface area contributed by atoms with Crippen LogP contribution in [0.5, 0.6) is 0 Å². The van der Waals surface area contributed by atoms with Crippen LogP contribution in [0.15, 0.2) is 126 Å². The smallest absolute Gasteiger partial charge is 0.205 e. The van der Waals surface area contributed by atoms with E-state index in [9.17, 15) is 14.4 Å². The zero-order valence-electron chi connectivity index (χ0n) is 20.4. The molecule has 0 saturated carbocycles. The van der Waals surface area contributed by atoms with Gasteiger partial charge in [-0.25, -0.2) is 0 Å². The van der Waals surface area contributed by atoms with Crippen LogP contribution in [0.1, 0.15) is 38.8 Å². The van der Waals surface area contributed by atoms with Crippen molar-refractivity contribution in [2.24, 2.45) is 0 Å². The largest absolute Gasteiger partial charge is 0.339 e. The lowest BCUT2D eigenvalue weighted by Gasteiger charge is -2.23. The van der Waals surface area contributed by atoms with Gasteiger partial charge in [0, 0.05) is 17.7 Å². The summed E-state index contributed by atoms with van der Waals surface area (Å²) in [6.07, 6.45) is 0. The number of aromatic nitrogens is 1. The van der Waals surface area contributed by atoms with Crippen LogP contribution in [0.25, 0.3) is 22.5 Å². The van der Waals surface area contributed by atoms with Gasteiger partial charge in [-0.3, -0.25) is 14.4 Å². The molecule has 0 bridgehead atoms. The van der Waals surface area contributed by atoms with Crippen molar-refractivity contribution in [2.45, 2.75) is 13.5 Å². The molecule has 4 nitrogen and oxygen atoms in total. The highest BCUT2D eigenvalue weighted by atomic mass is 16.1. The number of carbonyl (C=O) groups excluding carboxylic acids is 2. The summed E-state index contributed by atoms with van der Waals surface area (Å²) in [5.74, 6) is -0.818. The highest BCUT2D eigenvalue weighted by Gasteiger charge is 2.30. The first-order valence-corrected chi connectivity index (χ1v) is 12.2. The standard InChI is InChI=1S/C33H25NO3/c1-2-34-29(23-15-7-3-8-16-23)27(31(35)25-19-11-5-12-20-25)33(37)28(30(34)24-17-9-4-10-18-24)32(36)26-21-13-6-14-22-26/h3-22H,2H2,1H3. The maximum Gasteiger partial charge on any atom is 0.205 e. The molecule has 0 amide bonds. The molecule has 1 aromatic heterocycles. The number of hydrogen-bond acceptors (Lipinski definition) is 3. The Kier molecular flexibility index (Phi) is 6.73. The Bertz CT molecular complexity index is 1500. The van der Waals surface area contributed by atoms with E-state index in [-0.39, 0.29) is 11.1 Å². The van der Waals surface area contributed by atoms with E-state index < -0.39 is 17.0 Å². The third-order valence-electron chi connectivity index (χ3n) is 6.40. The molecule has 4 aromatic carbocycles. The van der Waals surface area contributed by atoms with E-state index in [1.807, 2.05) is 84.3 Å². The van der Waals surface area contributed by atoms with Gasteiger partial charge in [0.15, 0.2) is 11.6 Å². The first kappa shape index (κ1) is 23.9. The topological polar surface area (TPSA) is 56.1 Å².